The van der Waals surface area contributed by atoms with E-state index in [9.17, 15) is 9.90 Å². The minimum absolute atomic E-state index is 0.0347. The Morgan fingerprint density at radius 2 is 1.97 bits per heavy atom. The number of carbonyl (C=O) groups is 1. The maximum absolute atomic E-state index is 13.2. The lowest BCUT2D eigenvalue weighted by atomic mass is 10.1. The summed E-state index contributed by atoms with van der Waals surface area (Å²) in [5.41, 5.74) is 2.01. The summed E-state index contributed by atoms with van der Waals surface area (Å²) < 4.78 is 11.2. The van der Waals surface area contributed by atoms with Crippen LogP contribution >= 0.6 is 22.9 Å². The number of nitrogens with zero attached hydrogens (tertiary/aromatic N) is 2. The third-order valence-corrected chi connectivity index (χ3v) is 5.80. The lowest BCUT2D eigenvalue weighted by Crippen LogP contribution is -2.36. The van der Waals surface area contributed by atoms with Crippen molar-refractivity contribution in [3.05, 3.63) is 74.7 Å². The Kier molecular flexibility index (Phi) is 7.90. The number of aromatic nitrogens is 1. The van der Waals surface area contributed by atoms with Crippen molar-refractivity contribution < 1.29 is 19.4 Å². The van der Waals surface area contributed by atoms with Gasteiger partial charge in [-0.3, -0.25) is 4.79 Å². The Morgan fingerprint density at radius 3 is 2.58 bits per heavy atom. The van der Waals surface area contributed by atoms with E-state index in [4.69, 9.17) is 21.1 Å². The van der Waals surface area contributed by atoms with Crippen molar-refractivity contribution in [3.63, 3.8) is 0 Å². The molecule has 0 aliphatic carbocycles. The van der Waals surface area contributed by atoms with Gasteiger partial charge in [-0.2, -0.15) is 0 Å². The highest BCUT2D eigenvalue weighted by molar-refractivity contribution is 7.09. The van der Waals surface area contributed by atoms with Gasteiger partial charge in [0, 0.05) is 34.1 Å². The Bertz CT molecular complexity index is 1020. The number of halogens is 1. The third-order valence-electron chi connectivity index (χ3n) is 4.70. The number of benzene rings is 2. The molecule has 6 nitrogen and oxygen atoms in total. The molecule has 0 fully saturated rings. The summed E-state index contributed by atoms with van der Waals surface area (Å²) in [6.45, 7) is 4.46. The molecule has 0 aliphatic rings. The second-order valence-electron chi connectivity index (χ2n) is 7.19. The van der Waals surface area contributed by atoms with Crippen molar-refractivity contribution in [3.8, 4) is 11.5 Å². The first kappa shape index (κ1) is 23.1. The largest absolute Gasteiger partial charge is 0.497 e. The summed E-state index contributed by atoms with van der Waals surface area (Å²) in [5, 5.41) is 12.3. The highest BCUT2D eigenvalue weighted by atomic mass is 35.5. The molecule has 0 aliphatic heterocycles. The van der Waals surface area contributed by atoms with Crippen LogP contribution in [0.15, 0.2) is 47.8 Å². The van der Waals surface area contributed by atoms with E-state index >= 15 is 0 Å². The van der Waals surface area contributed by atoms with Gasteiger partial charge in [0.1, 0.15) is 23.1 Å². The number of aliphatic hydroxyl groups is 1. The van der Waals surface area contributed by atoms with Gasteiger partial charge in [0.05, 0.1) is 19.4 Å². The molecule has 31 heavy (non-hydrogen) atoms. The molecule has 2 aromatic carbocycles. The first-order valence-electron chi connectivity index (χ1n) is 9.81. The number of hydrogen-bond donors (Lipinski definition) is 1. The summed E-state index contributed by atoms with van der Waals surface area (Å²) >= 11 is 7.67. The number of hydrogen-bond acceptors (Lipinski definition) is 6. The van der Waals surface area contributed by atoms with Crippen molar-refractivity contribution in [2.75, 3.05) is 7.11 Å². The van der Waals surface area contributed by atoms with E-state index in [2.05, 4.69) is 4.98 Å². The smallest absolute Gasteiger partial charge is 0.254 e. The Labute approximate surface area is 191 Å². The van der Waals surface area contributed by atoms with Crippen molar-refractivity contribution in [2.24, 2.45) is 0 Å². The van der Waals surface area contributed by atoms with Crippen LogP contribution in [0.25, 0.3) is 0 Å². The highest BCUT2D eigenvalue weighted by Crippen LogP contribution is 2.27. The molecule has 0 radical (unpaired) electrons. The van der Waals surface area contributed by atoms with Crippen LogP contribution in [0.4, 0.5) is 0 Å². The van der Waals surface area contributed by atoms with E-state index in [1.54, 1.807) is 53.8 Å². The SMILES string of the molecule is COc1ccc(C(=O)N(Cc2cc(Cl)ccc2OCc2nc(CO)cs2)C(C)C)cc1. The van der Waals surface area contributed by atoms with Crippen LogP contribution in [0.2, 0.25) is 5.02 Å². The molecule has 3 rings (SSSR count). The highest BCUT2D eigenvalue weighted by Gasteiger charge is 2.21. The fraction of sp³-hybridized carbons (Fsp3) is 0.304. The molecular formula is C23H25ClN2O4S. The Balaban J connectivity index is 1.80. The molecule has 1 amide bonds. The predicted molar refractivity (Wildman–Crippen MR) is 122 cm³/mol. The summed E-state index contributed by atoms with van der Waals surface area (Å²) in [5.74, 6) is 1.25. The predicted octanol–water partition coefficient (Wildman–Crippen LogP) is 4.93. The van der Waals surface area contributed by atoms with E-state index in [0.717, 1.165) is 10.6 Å². The fourth-order valence-electron chi connectivity index (χ4n) is 3.01. The van der Waals surface area contributed by atoms with Crippen LogP contribution in [0.3, 0.4) is 0 Å². The van der Waals surface area contributed by atoms with Crippen molar-refractivity contribution in [1.82, 2.24) is 9.88 Å². The van der Waals surface area contributed by atoms with Crippen LogP contribution in [0, 0.1) is 0 Å². The normalized spacial score (nSPS) is 10.9. The zero-order valence-electron chi connectivity index (χ0n) is 17.7. The summed E-state index contributed by atoms with van der Waals surface area (Å²) in [6, 6.07) is 12.4. The first-order chi connectivity index (χ1) is 14.9. The maximum Gasteiger partial charge on any atom is 0.254 e. The number of thiazole rings is 1. The zero-order chi connectivity index (χ0) is 22.4. The Hall–Kier alpha value is -2.61. The number of carbonyl (C=O) groups excluding carboxylic acids is 1. The fourth-order valence-corrected chi connectivity index (χ4v) is 3.90. The lowest BCUT2D eigenvalue weighted by molar-refractivity contribution is 0.0688. The quantitative estimate of drug-likeness (QED) is 0.490. The van der Waals surface area contributed by atoms with Gasteiger partial charge in [0.25, 0.3) is 5.91 Å². The van der Waals surface area contributed by atoms with Crippen molar-refractivity contribution in [2.45, 2.75) is 39.6 Å². The third kappa shape index (κ3) is 5.97. The minimum atomic E-state index is -0.0977. The van der Waals surface area contributed by atoms with Gasteiger partial charge in [-0.1, -0.05) is 11.6 Å². The van der Waals surface area contributed by atoms with Gasteiger partial charge in [0.15, 0.2) is 0 Å². The number of methoxy groups -OCH3 is 1. The monoisotopic (exact) mass is 460 g/mol. The van der Waals surface area contributed by atoms with E-state index in [0.29, 0.717) is 34.3 Å². The zero-order valence-corrected chi connectivity index (χ0v) is 19.2. The molecule has 0 unspecified atom stereocenters. The van der Waals surface area contributed by atoms with E-state index < -0.39 is 0 Å². The molecular weight excluding hydrogens is 436 g/mol. The maximum atomic E-state index is 13.2. The van der Waals surface area contributed by atoms with E-state index in [1.165, 1.54) is 11.3 Å². The number of amides is 1. The second-order valence-corrected chi connectivity index (χ2v) is 8.57. The molecule has 0 bridgehead atoms. The molecule has 3 aromatic rings. The molecule has 0 saturated carbocycles. The standard InChI is InChI=1S/C23H25ClN2O4S/c1-15(2)26(23(28)16-4-7-20(29-3)8-5-16)11-17-10-18(24)6-9-21(17)30-13-22-25-19(12-27)14-31-22/h4-10,14-15,27H,11-13H2,1-3H3. The van der Waals surface area contributed by atoms with Gasteiger partial charge >= 0.3 is 0 Å². The van der Waals surface area contributed by atoms with Gasteiger partial charge < -0.3 is 19.5 Å². The average Bonchev–Trinajstić information content (AvgIpc) is 3.24. The number of aliphatic hydroxyl groups excluding tert-OH is 1. The van der Waals surface area contributed by atoms with Crippen LogP contribution in [-0.2, 0) is 19.8 Å². The number of ether oxygens (including phenoxy) is 2. The molecule has 0 spiro atoms. The van der Waals surface area contributed by atoms with Crippen molar-refractivity contribution >= 4 is 28.8 Å². The van der Waals surface area contributed by atoms with Gasteiger partial charge in [-0.15, -0.1) is 11.3 Å². The van der Waals surface area contributed by atoms with E-state index in [1.807, 2.05) is 19.9 Å². The van der Waals surface area contributed by atoms with Gasteiger partial charge in [-0.25, -0.2) is 4.98 Å². The van der Waals surface area contributed by atoms with Crippen molar-refractivity contribution in [1.29, 1.82) is 0 Å². The van der Waals surface area contributed by atoms with Gasteiger partial charge in [0.2, 0.25) is 0 Å². The van der Waals surface area contributed by atoms with Crippen LogP contribution < -0.4 is 9.47 Å². The lowest BCUT2D eigenvalue weighted by Gasteiger charge is -2.28. The van der Waals surface area contributed by atoms with Gasteiger partial charge in [-0.05, 0) is 56.3 Å². The molecule has 0 saturated heterocycles. The van der Waals surface area contributed by atoms with E-state index in [-0.39, 0.29) is 25.2 Å². The Morgan fingerprint density at radius 1 is 1.23 bits per heavy atom. The molecule has 1 heterocycles. The number of rotatable bonds is 9. The topological polar surface area (TPSA) is 71.9 Å². The summed E-state index contributed by atoms with van der Waals surface area (Å²) in [4.78, 5) is 19.3. The first-order valence-corrected chi connectivity index (χ1v) is 11.1. The molecule has 0 atom stereocenters. The van der Waals surface area contributed by atoms with Crippen LogP contribution in [-0.4, -0.2) is 34.0 Å². The second kappa shape index (κ2) is 10.6. The molecule has 1 aromatic heterocycles. The minimum Gasteiger partial charge on any atom is -0.497 e. The summed E-state index contributed by atoms with van der Waals surface area (Å²) in [7, 11) is 1.59. The molecule has 164 valence electrons. The molecule has 1 N–H and O–H groups in total. The molecule has 8 heteroatoms. The summed E-state index contributed by atoms with van der Waals surface area (Å²) in [6.07, 6.45) is 0. The van der Waals surface area contributed by atoms with Crippen LogP contribution in [0.5, 0.6) is 11.5 Å². The van der Waals surface area contributed by atoms with Crippen LogP contribution in [0.1, 0.15) is 40.5 Å². The average molecular weight is 461 g/mol.